The molecule has 0 spiro atoms. The van der Waals surface area contributed by atoms with E-state index in [0.29, 0.717) is 4.47 Å². The zero-order valence-electron chi connectivity index (χ0n) is 6.44. The normalized spacial score (nSPS) is 12.5. The van der Waals surface area contributed by atoms with Crippen molar-refractivity contribution in [2.24, 2.45) is 0 Å². The molecule has 0 saturated carbocycles. The number of carbonyl (C=O) groups is 1. The van der Waals surface area contributed by atoms with Crippen molar-refractivity contribution >= 4 is 21.9 Å². The molecule has 1 unspecified atom stereocenters. The van der Waals surface area contributed by atoms with E-state index in [1.165, 1.54) is 18.2 Å². The molecule has 0 aliphatic rings. The first kappa shape index (κ1) is 10.0. The highest BCUT2D eigenvalue weighted by molar-refractivity contribution is 9.10. The second-order valence-electron chi connectivity index (χ2n) is 2.45. The number of hydrogen-bond acceptors (Lipinski definition) is 3. The predicted octanol–water partition coefficient (Wildman–Crippen LogP) is 1.27. The fourth-order valence-corrected chi connectivity index (χ4v) is 1.09. The van der Waals surface area contributed by atoms with Crippen molar-refractivity contribution < 1.29 is 20.1 Å². The highest BCUT2D eigenvalue weighted by Gasteiger charge is 2.16. The number of halogens is 1. The quantitative estimate of drug-likeness (QED) is 0.735. The van der Waals surface area contributed by atoms with E-state index < -0.39 is 12.1 Å². The van der Waals surface area contributed by atoms with Gasteiger partial charge in [0.15, 0.2) is 6.10 Å². The van der Waals surface area contributed by atoms with Gasteiger partial charge in [-0.1, -0.05) is 6.07 Å². The second-order valence-corrected chi connectivity index (χ2v) is 3.31. The van der Waals surface area contributed by atoms with Gasteiger partial charge in [0.05, 0.1) is 4.47 Å². The minimum atomic E-state index is -1.60. The zero-order valence-corrected chi connectivity index (χ0v) is 8.02. The van der Waals surface area contributed by atoms with Gasteiger partial charge in [0.25, 0.3) is 0 Å². The molecule has 0 radical (unpaired) electrons. The Balaban J connectivity index is 3.03. The molecule has 0 fully saturated rings. The van der Waals surface area contributed by atoms with Gasteiger partial charge >= 0.3 is 5.97 Å². The second kappa shape index (κ2) is 3.76. The number of rotatable bonds is 2. The van der Waals surface area contributed by atoms with Crippen molar-refractivity contribution in [1.82, 2.24) is 0 Å². The molecule has 0 aromatic heterocycles. The number of carboxylic acid groups (broad SMARTS) is 1. The number of phenols is 1. The smallest absolute Gasteiger partial charge is 0.337 e. The summed E-state index contributed by atoms with van der Waals surface area (Å²) in [6.45, 7) is 0. The third-order valence-corrected chi connectivity index (χ3v) is 2.19. The van der Waals surface area contributed by atoms with Gasteiger partial charge in [-0.2, -0.15) is 0 Å². The number of aromatic hydroxyl groups is 1. The van der Waals surface area contributed by atoms with E-state index in [9.17, 15) is 9.90 Å². The summed E-state index contributed by atoms with van der Waals surface area (Å²) in [5, 5.41) is 26.7. The van der Waals surface area contributed by atoms with E-state index in [2.05, 4.69) is 15.9 Å². The van der Waals surface area contributed by atoms with Crippen LogP contribution in [0.1, 0.15) is 11.7 Å². The lowest BCUT2D eigenvalue weighted by Crippen LogP contribution is -2.10. The molecule has 3 N–H and O–H groups in total. The number of aliphatic hydroxyl groups is 1. The van der Waals surface area contributed by atoms with Crippen LogP contribution in [-0.4, -0.2) is 21.3 Å². The average molecular weight is 247 g/mol. The molecule has 5 heteroatoms. The minimum absolute atomic E-state index is 0.0993. The maximum Gasteiger partial charge on any atom is 0.337 e. The zero-order chi connectivity index (χ0) is 10.0. The fraction of sp³-hybridized carbons (Fsp3) is 0.125. The topological polar surface area (TPSA) is 77.8 Å². The summed E-state index contributed by atoms with van der Waals surface area (Å²) in [5.74, 6) is -1.44. The SMILES string of the molecule is O=C(O)C(O)c1ccc(Br)c(O)c1. The van der Waals surface area contributed by atoms with Crippen LogP contribution in [0.3, 0.4) is 0 Å². The molecule has 0 saturated heterocycles. The first-order valence-corrected chi connectivity index (χ1v) is 4.21. The van der Waals surface area contributed by atoms with Gasteiger partial charge in [0, 0.05) is 0 Å². The van der Waals surface area contributed by atoms with E-state index in [1.807, 2.05) is 0 Å². The van der Waals surface area contributed by atoms with Crippen LogP contribution in [0.25, 0.3) is 0 Å². The van der Waals surface area contributed by atoms with Gasteiger partial charge in [-0.05, 0) is 33.6 Å². The van der Waals surface area contributed by atoms with Gasteiger partial charge in [-0.15, -0.1) is 0 Å². The van der Waals surface area contributed by atoms with Crippen molar-refractivity contribution in [2.75, 3.05) is 0 Å². The lowest BCUT2D eigenvalue weighted by atomic mass is 10.1. The summed E-state index contributed by atoms with van der Waals surface area (Å²) in [5.41, 5.74) is 0.146. The number of aliphatic hydroxyl groups excluding tert-OH is 1. The molecule has 0 bridgehead atoms. The van der Waals surface area contributed by atoms with Crippen LogP contribution < -0.4 is 0 Å². The van der Waals surface area contributed by atoms with Crippen molar-refractivity contribution in [3.8, 4) is 5.75 Å². The van der Waals surface area contributed by atoms with E-state index in [-0.39, 0.29) is 11.3 Å². The van der Waals surface area contributed by atoms with E-state index >= 15 is 0 Å². The summed E-state index contributed by atoms with van der Waals surface area (Å²) in [7, 11) is 0. The number of aliphatic carboxylic acids is 1. The van der Waals surface area contributed by atoms with Gasteiger partial charge in [-0.25, -0.2) is 4.79 Å². The highest BCUT2D eigenvalue weighted by Crippen LogP contribution is 2.27. The van der Waals surface area contributed by atoms with E-state index in [4.69, 9.17) is 10.2 Å². The van der Waals surface area contributed by atoms with E-state index in [1.54, 1.807) is 0 Å². The van der Waals surface area contributed by atoms with Crippen LogP contribution in [0.2, 0.25) is 0 Å². The van der Waals surface area contributed by atoms with E-state index in [0.717, 1.165) is 0 Å². The third kappa shape index (κ3) is 2.19. The molecule has 70 valence electrons. The average Bonchev–Trinajstić information content (AvgIpc) is 2.08. The Bertz CT molecular complexity index is 337. The lowest BCUT2D eigenvalue weighted by molar-refractivity contribution is -0.146. The number of hydrogen-bond donors (Lipinski definition) is 3. The number of phenolic OH excluding ortho intramolecular Hbond substituents is 1. The molecule has 4 nitrogen and oxygen atoms in total. The summed E-state index contributed by atoms with van der Waals surface area (Å²) in [4.78, 5) is 10.4. The Labute approximate surface area is 82.6 Å². The monoisotopic (exact) mass is 246 g/mol. The molecule has 1 aromatic carbocycles. The van der Waals surface area contributed by atoms with Crippen molar-refractivity contribution in [3.63, 3.8) is 0 Å². The van der Waals surface area contributed by atoms with Crippen LogP contribution in [0.5, 0.6) is 5.75 Å². The highest BCUT2D eigenvalue weighted by atomic mass is 79.9. The largest absolute Gasteiger partial charge is 0.507 e. The summed E-state index contributed by atoms with van der Waals surface area (Å²) in [6.07, 6.45) is -1.60. The Morgan fingerprint density at radius 2 is 2.08 bits per heavy atom. The van der Waals surface area contributed by atoms with Crippen LogP contribution in [0.4, 0.5) is 0 Å². The molecule has 1 aromatic rings. The lowest BCUT2D eigenvalue weighted by Gasteiger charge is -2.06. The van der Waals surface area contributed by atoms with Crippen molar-refractivity contribution in [1.29, 1.82) is 0 Å². The molecule has 1 rings (SSSR count). The molecular weight excluding hydrogens is 240 g/mol. The van der Waals surface area contributed by atoms with Crippen molar-refractivity contribution in [2.45, 2.75) is 6.10 Å². The fourth-order valence-electron chi connectivity index (χ4n) is 0.842. The maximum absolute atomic E-state index is 10.4. The molecule has 0 aliphatic carbocycles. The number of carboxylic acids is 1. The minimum Gasteiger partial charge on any atom is -0.507 e. The van der Waals surface area contributed by atoms with Crippen LogP contribution in [0, 0.1) is 0 Å². The molecule has 1 atom stereocenters. The van der Waals surface area contributed by atoms with Gasteiger partial charge in [0.1, 0.15) is 5.75 Å². The van der Waals surface area contributed by atoms with Gasteiger partial charge < -0.3 is 15.3 Å². The van der Waals surface area contributed by atoms with Crippen LogP contribution >= 0.6 is 15.9 Å². The Hall–Kier alpha value is -1.07. The first-order chi connectivity index (χ1) is 6.02. The summed E-state index contributed by atoms with van der Waals surface area (Å²) in [6, 6.07) is 4.09. The Kier molecular flexibility index (Phi) is 2.90. The third-order valence-electron chi connectivity index (χ3n) is 1.52. The van der Waals surface area contributed by atoms with Crippen LogP contribution in [0.15, 0.2) is 22.7 Å². The maximum atomic E-state index is 10.4. The predicted molar refractivity (Wildman–Crippen MR) is 48.4 cm³/mol. The molecular formula is C8H7BrO4. The molecule has 0 amide bonds. The standard InChI is InChI=1S/C8H7BrO4/c9-5-2-1-4(3-6(5)10)7(11)8(12)13/h1-3,7,10-11H,(H,12,13). The Morgan fingerprint density at radius 3 is 2.54 bits per heavy atom. The summed E-state index contributed by atoms with van der Waals surface area (Å²) < 4.78 is 0.453. The molecule has 0 aliphatic heterocycles. The van der Waals surface area contributed by atoms with Crippen LogP contribution in [-0.2, 0) is 4.79 Å². The van der Waals surface area contributed by atoms with Gasteiger partial charge in [0.2, 0.25) is 0 Å². The van der Waals surface area contributed by atoms with Crippen molar-refractivity contribution in [3.05, 3.63) is 28.2 Å². The molecule has 13 heavy (non-hydrogen) atoms. The Morgan fingerprint density at radius 1 is 1.46 bits per heavy atom. The summed E-state index contributed by atoms with van der Waals surface area (Å²) >= 11 is 3.04. The van der Waals surface area contributed by atoms with Gasteiger partial charge in [-0.3, -0.25) is 0 Å². The number of benzene rings is 1. The first-order valence-electron chi connectivity index (χ1n) is 3.41. The molecule has 0 heterocycles.